The zero-order valence-electron chi connectivity index (χ0n) is 17.1. The smallest absolute Gasteiger partial charge is 0.257 e. The average molecular weight is 462 g/mol. The number of nitrogen functional groups attached to an aromatic ring is 1. The molecule has 0 atom stereocenters. The maximum Gasteiger partial charge on any atom is 0.257 e. The number of fused-ring (bicyclic) bond motifs is 1. The zero-order valence-corrected chi connectivity index (χ0v) is 18.6. The molecule has 10 nitrogen and oxygen atoms in total. The third-order valence-corrected chi connectivity index (χ3v) is 5.70. The lowest BCUT2D eigenvalue weighted by atomic mass is 10.2. The van der Waals surface area contributed by atoms with Gasteiger partial charge in [0.15, 0.2) is 16.6 Å². The highest BCUT2D eigenvalue weighted by Crippen LogP contribution is 2.46. The lowest BCUT2D eigenvalue weighted by molar-refractivity contribution is 0.288. The molecule has 31 heavy (non-hydrogen) atoms. The van der Waals surface area contributed by atoms with E-state index in [0.717, 1.165) is 29.9 Å². The molecule has 0 aliphatic heterocycles. The molecule has 1 fully saturated rings. The molecule has 0 radical (unpaired) electrons. The van der Waals surface area contributed by atoms with Gasteiger partial charge in [-0.15, -0.1) is 5.10 Å². The van der Waals surface area contributed by atoms with Crippen molar-refractivity contribution in [2.24, 2.45) is 7.05 Å². The molecule has 1 aliphatic rings. The standard InChI is InChI=1S/C19H21Cl2N9O/c1-10-9-28(2)26-16(10)30-14(11-4-5-11)13(22)18(27-30)31-7-3-6-29-17-12(15(20)25-29)8-23-19(21)24-17/h8-9,11H,3-7,22H2,1-2H3. The molecule has 0 aromatic carbocycles. The van der Waals surface area contributed by atoms with Gasteiger partial charge in [0.1, 0.15) is 5.69 Å². The first-order valence-electron chi connectivity index (χ1n) is 9.98. The summed E-state index contributed by atoms with van der Waals surface area (Å²) in [5.74, 6) is 1.61. The molecule has 1 aliphatic carbocycles. The van der Waals surface area contributed by atoms with E-state index in [0.29, 0.717) is 53.2 Å². The molecule has 0 unspecified atom stereocenters. The second-order valence-corrected chi connectivity index (χ2v) is 8.39. The molecule has 1 saturated carbocycles. The highest BCUT2D eigenvalue weighted by atomic mass is 35.5. The monoisotopic (exact) mass is 461 g/mol. The van der Waals surface area contributed by atoms with Crippen LogP contribution < -0.4 is 10.5 Å². The number of halogens is 2. The van der Waals surface area contributed by atoms with Crippen molar-refractivity contribution in [3.63, 3.8) is 0 Å². The second-order valence-electron chi connectivity index (χ2n) is 7.69. The minimum absolute atomic E-state index is 0.150. The molecule has 0 saturated heterocycles. The zero-order chi connectivity index (χ0) is 21.7. The van der Waals surface area contributed by atoms with Gasteiger partial charge in [-0.3, -0.25) is 4.68 Å². The lowest BCUT2D eigenvalue weighted by Gasteiger charge is -2.05. The fraction of sp³-hybridized carbons (Fsp3) is 0.421. The van der Waals surface area contributed by atoms with Crippen LogP contribution in [0.4, 0.5) is 5.69 Å². The van der Waals surface area contributed by atoms with Crippen LogP contribution in [0.25, 0.3) is 16.9 Å². The van der Waals surface area contributed by atoms with E-state index in [4.69, 9.17) is 33.7 Å². The van der Waals surface area contributed by atoms with E-state index in [1.165, 1.54) is 0 Å². The third kappa shape index (κ3) is 3.70. The average Bonchev–Trinajstić information content (AvgIpc) is 3.34. The minimum Gasteiger partial charge on any atom is -0.475 e. The molecule has 162 valence electrons. The van der Waals surface area contributed by atoms with Gasteiger partial charge >= 0.3 is 0 Å². The number of hydrogen-bond acceptors (Lipinski definition) is 7. The molecule has 2 N–H and O–H groups in total. The Hall–Kier alpha value is -2.85. The van der Waals surface area contributed by atoms with Gasteiger partial charge in [0.05, 0.1) is 17.7 Å². The number of aromatic nitrogens is 8. The highest BCUT2D eigenvalue weighted by molar-refractivity contribution is 6.34. The number of ether oxygens (including phenoxy) is 1. The van der Waals surface area contributed by atoms with Crippen molar-refractivity contribution >= 4 is 39.9 Å². The van der Waals surface area contributed by atoms with Crippen LogP contribution in [0.5, 0.6) is 5.88 Å². The van der Waals surface area contributed by atoms with Crippen molar-refractivity contribution < 1.29 is 4.74 Å². The third-order valence-electron chi connectivity index (χ3n) is 5.24. The van der Waals surface area contributed by atoms with Gasteiger partial charge < -0.3 is 10.5 Å². The first-order valence-corrected chi connectivity index (χ1v) is 10.7. The van der Waals surface area contributed by atoms with Crippen LogP contribution >= 0.6 is 23.2 Å². The van der Waals surface area contributed by atoms with Crippen molar-refractivity contribution in [2.45, 2.75) is 38.6 Å². The molecular formula is C19H21Cl2N9O. The summed E-state index contributed by atoms with van der Waals surface area (Å²) in [5, 5.41) is 14.6. The topological polar surface area (TPSA) is 114 Å². The number of nitrogens with two attached hydrogens (primary N) is 1. The van der Waals surface area contributed by atoms with E-state index in [-0.39, 0.29) is 5.28 Å². The first-order chi connectivity index (χ1) is 14.9. The Morgan fingerprint density at radius 1 is 1.23 bits per heavy atom. The molecule has 4 aromatic rings. The summed E-state index contributed by atoms with van der Waals surface area (Å²) in [5.41, 5.74) is 9.60. The van der Waals surface area contributed by atoms with Gasteiger partial charge in [-0.2, -0.15) is 15.2 Å². The van der Waals surface area contributed by atoms with E-state index in [1.807, 2.05) is 24.9 Å². The molecular weight excluding hydrogens is 441 g/mol. The van der Waals surface area contributed by atoms with Crippen LogP contribution in [0.15, 0.2) is 12.4 Å². The van der Waals surface area contributed by atoms with Gasteiger partial charge in [-0.25, -0.2) is 14.3 Å². The van der Waals surface area contributed by atoms with Crippen LogP contribution in [0.1, 0.15) is 36.4 Å². The number of nitrogens with zero attached hydrogens (tertiary/aromatic N) is 8. The van der Waals surface area contributed by atoms with E-state index in [1.54, 1.807) is 15.6 Å². The summed E-state index contributed by atoms with van der Waals surface area (Å²) in [6.07, 6.45) is 6.37. The van der Waals surface area contributed by atoms with Crippen LogP contribution in [0.2, 0.25) is 10.4 Å². The number of aryl methyl sites for hydroxylation is 3. The Labute approximate surface area is 187 Å². The molecule has 5 rings (SSSR count). The SMILES string of the molecule is Cc1cn(C)nc1-n1nc(OCCCn2nc(Cl)c3cnc(Cl)nc32)c(N)c1C1CC1. The molecule has 12 heteroatoms. The Morgan fingerprint density at radius 3 is 2.74 bits per heavy atom. The number of anilines is 1. The Balaban J connectivity index is 1.32. The molecule has 0 bridgehead atoms. The fourth-order valence-electron chi connectivity index (χ4n) is 3.69. The van der Waals surface area contributed by atoms with Crippen LogP contribution in [0.3, 0.4) is 0 Å². The van der Waals surface area contributed by atoms with Crippen LogP contribution in [-0.4, -0.2) is 45.9 Å². The fourth-order valence-corrected chi connectivity index (χ4v) is 4.04. The summed E-state index contributed by atoms with van der Waals surface area (Å²) >= 11 is 12.1. The Morgan fingerprint density at radius 2 is 2.03 bits per heavy atom. The van der Waals surface area contributed by atoms with Crippen LogP contribution in [0, 0.1) is 6.92 Å². The van der Waals surface area contributed by atoms with E-state index < -0.39 is 0 Å². The van der Waals surface area contributed by atoms with Gasteiger partial charge in [-0.05, 0) is 31.4 Å². The summed E-state index contributed by atoms with van der Waals surface area (Å²) in [7, 11) is 1.89. The van der Waals surface area contributed by atoms with E-state index in [9.17, 15) is 0 Å². The van der Waals surface area contributed by atoms with Crippen LogP contribution in [-0.2, 0) is 13.6 Å². The van der Waals surface area contributed by atoms with Crippen molar-refractivity contribution in [1.82, 2.24) is 39.3 Å². The minimum atomic E-state index is 0.150. The molecule has 4 heterocycles. The molecule has 0 spiro atoms. The normalized spacial score (nSPS) is 13.9. The van der Waals surface area contributed by atoms with Crippen molar-refractivity contribution in [2.75, 3.05) is 12.3 Å². The molecule has 0 amide bonds. The Bertz CT molecular complexity index is 1270. The highest BCUT2D eigenvalue weighted by Gasteiger charge is 2.33. The number of hydrogen-bond donors (Lipinski definition) is 1. The second kappa shape index (κ2) is 7.69. The Kier molecular flexibility index (Phi) is 4.98. The lowest BCUT2D eigenvalue weighted by Crippen LogP contribution is -2.07. The predicted molar refractivity (Wildman–Crippen MR) is 117 cm³/mol. The number of rotatable bonds is 7. The predicted octanol–water partition coefficient (Wildman–Crippen LogP) is 3.29. The van der Waals surface area contributed by atoms with E-state index >= 15 is 0 Å². The van der Waals surface area contributed by atoms with Crippen molar-refractivity contribution in [3.05, 3.63) is 34.1 Å². The van der Waals surface area contributed by atoms with Gasteiger partial charge in [-0.1, -0.05) is 11.6 Å². The molecule has 4 aromatic heterocycles. The summed E-state index contributed by atoms with van der Waals surface area (Å²) in [6.45, 7) is 2.96. The summed E-state index contributed by atoms with van der Waals surface area (Å²) in [6, 6.07) is 0. The maximum absolute atomic E-state index is 6.42. The van der Waals surface area contributed by atoms with Crippen molar-refractivity contribution in [1.29, 1.82) is 0 Å². The summed E-state index contributed by atoms with van der Waals surface area (Å²) in [4.78, 5) is 8.17. The maximum atomic E-state index is 6.42. The van der Waals surface area contributed by atoms with Gasteiger partial charge in [0.25, 0.3) is 5.88 Å². The van der Waals surface area contributed by atoms with E-state index in [2.05, 4.69) is 25.3 Å². The largest absolute Gasteiger partial charge is 0.475 e. The summed E-state index contributed by atoms with van der Waals surface area (Å²) < 4.78 is 11.2. The van der Waals surface area contributed by atoms with Gasteiger partial charge in [0.2, 0.25) is 5.28 Å². The quantitative estimate of drug-likeness (QED) is 0.331. The first kappa shape index (κ1) is 20.1. The van der Waals surface area contributed by atoms with Gasteiger partial charge in [0, 0.05) is 43.9 Å². The van der Waals surface area contributed by atoms with Crippen molar-refractivity contribution in [3.8, 4) is 11.7 Å².